The van der Waals surface area contributed by atoms with Crippen LogP contribution in [0.4, 0.5) is 10.7 Å². The molecule has 0 radical (unpaired) electrons. The summed E-state index contributed by atoms with van der Waals surface area (Å²) in [6.45, 7) is 3.37. The number of aryl methyl sites for hydroxylation is 1. The van der Waals surface area contributed by atoms with E-state index in [0.29, 0.717) is 12.0 Å². The van der Waals surface area contributed by atoms with Crippen molar-refractivity contribution in [1.29, 1.82) is 0 Å². The third-order valence-electron chi connectivity index (χ3n) is 5.53. The molecular formula is C19H28N6O3. The lowest BCUT2D eigenvalue weighted by atomic mass is 9.95. The normalized spacial score (nSPS) is 18.8. The number of imide groups is 1. The molecule has 0 unspecified atom stereocenters. The number of aromatic nitrogens is 2. The number of nitrogens with one attached hydrogen (secondary N) is 2. The molecular weight excluding hydrogens is 360 g/mol. The van der Waals surface area contributed by atoms with E-state index < -0.39 is 17.8 Å². The van der Waals surface area contributed by atoms with Crippen LogP contribution in [0.15, 0.2) is 6.20 Å². The van der Waals surface area contributed by atoms with Crippen LogP contribution in [0.5, 0.6) is 0 Å². The van der Waals surface area contributed by atoms with Gasteiger partial charge in [0.1, 0.15) is 6.54 Å². The fourth-order valence-corrected chi connectivity index (χ4v) is 3.81. The molecule has 28 heavy (non-hydrogen) atoms. The van der Waals surface area contributed by atoms with Crippen molar-refractivity contribution < 1.29 is 14.4 Å². The van der Waals surface area contributed by atoms with Crippen molar-refractivity contribution in [2.24, 2.45) is 0 Å². The quantitative estimate of drug-likeness (QED) is 0.711. The molecule has 9 nitrogen and oxygen atoms in total. The van der Waals surface area contributed by atoms with Crippen LogP contribution < -0.4 is 15.5 Å². The van der Waals surface area contributed by atoms with Crippen LogP contribution in [-0.4, -0.2) is 58.9 Å². The molecule has 0 spiro atoms. The summed E-state index contributed by atoms with van der Waals surface area (Å²) in [6.07, 6.45) is 7.85. The largest absolute Gasteiger partial charge is 0.348 e. The van der Waals surface area contributed by atoms with Gasteiger partial charge >= 0.3 is 6.03 Å². The highest BCUT2D eigenvalue weighted by Crippen LogP contribution is 2.25. The van der Waals surface area contributed by atoms with Crippen molar-refractivity contribution in [2.75, 3.05) is 25.0 Å². The Balaban J connectivity index is 1.62. The molecule has 2 heterocycles. The van der Waals surface area contributed by atoms with Crippen LogP contribution in [0.25, 0.3) is 0 Å². The number of hydrogen-bond donors (Lipinski definition) is 2. The monoisotopic (exact) mass is 388 g/mol. The highest BCUT2D eigenvalue weighted by molar-refractivity contribution is 6.04. The molecule has 1 aliphatic heterocycles. The zero-order valence-corrected chi connectivity index (χ0v) is 16.7. The van der Waals surface area contributed by atoms with Gasteiger partial charge in [0.05, 0.1) is 12.6 Å². The van der Waals surface area contributed by atoms with Crippen LogP contribution in [0, 0.1) is 6.92 Å². The van der Waals surface area contributed by atoms with E-state index >= 15 is 0 Å². The van der Waals surface area contributed by atoms with Gasteiger partial charge in [0.15, 0.2) is 0 Å². The molecule has 1 saturated heterocycles. The molecule has 2 fully saturated rings. The van der Waals surface area contributed by atoms with E-state index in [-0.39, 0.29) is 19.1 Å². The van der Waals surface area contributed by atoms with Crippen molar-refractivity contribution in [3.63, 3.8) is 0 Å². The third-order valence-corrected chi connectivity index (χ3v) is 5.53. The molecule has 2 N–H and O–H groups in total. The summed E-state index contributed by atoms with van der Waals surface area (Å²) < 4.78 is 0. The van der Waals surface area contributed by atoms with Gasteiger partial charge < -0.3 is 15.5 Å². The van der Waals surface area contributed by atoms with Gasteiger partial charge in [-0.2, -0.15) is 0 Å². The van der Waals surface area contributed by atoms with Crippen molar-refractivity contribution in [3.05, 3.63) is 17.5 Å². The number of urea groups is 1. The smallest absolute Gasteiger partial charge is 0.325 e. The lowest BCUT2D eigenvalue weighted by molar-refractivity contribution is -0.130. The Morgan fingerprint density at radius 3 is 2.68 bits per heavy atom. The van der Waals surface area contributed by atoms with Crippen LogP contribution in [-0.2, 0) is 9.59 Å². The van der Waals surface area contributed by atoms with Crippen molar-refractivity contribution in [2.45, 2.75) is 58.0 Å². The maximum atomic E-state index is 12.2. The number of carbonyl (C=O) groups excluding carboxylic acids is 3. The van der Waals surface area contributed by atoms with Crippen LogP contribution in [0.2, 0.25) is 0 Å². The number of hydrogen-bond acceptors (Lipinski definition) is 6. The van der Waals surface area contributed by atoms with E-state index in [2.05, 4.69) is 25.5 Å². The summed E-state index contributed by atoms with van der Waals surface area (Å²) in [6, 6.07) is -0.398. The average Bonchev–Trinajstić information content (AvgIpc) is 2.99. The SMILES string of the molecule is Cc1nc(N(C)C2CCCCC2)ncc1[C@@H](C)NC(=O)CN1C(=O)CNC1=O. The molecule has 1 atom stereocenters. The van der Waals surface area contributed by atoms with Gasteiger partial charge in [0.2, 0.25) is 11.9 Å². The number of nitrogens with zero attached hydrogens (tertiary/aromatic N) is 4. The lowest BCUT2D eigenvalue weighted by Crippen LogP contribution is -2.41. The maximum absolute atomic E-state index is 12.2. The van der Waals surface area contributed by atoms with Crippen molar-refractivity contribution >= 4 is 23.8 Å². The number of amides is 4. The fourth-order valence-electron chi connectivity index (χ4n) is 3.81. The van der Waals surface area contributed by atoms with E-state index in [0.717, 1.165) is 29.0 Å². The fraction of sp³-hybridized carbons (Fsp3) is 0.632. The molecule has 0 bridgehead atoms. The summed E-state index contributed by atoms with van der Waals surface area (Å²) in [5.41, 5.74) is 1.61. The highest BCUT2D eigenvalue weighted by atomic mass is 16.2. The predicted octanol–water partition coefficient (Wildman–Crippen LogP) is 1.28. The first-order chi connectivity index (χ1) is 13.4. The average molecular weight is 388 g/mol. The van der Waals surface area contributed by atoms with E-state index in [1.165, 1.54) is 19.3 Å². The summed E-state index contributed by atoms with van der Waals surface area (Å²) in [7, 11) is 2.04. The molecule has 1 aromatic rings. The Morgan fingerprint density at radius 1 is 1.36 bits per heavy atom. The van der Waals surface area contributed by atoms with E-state index in [1.54, 1.807) is 6.20 Å². The van der Waals surface area contributed by atoms with Gasteiger partial charge in [0, 0.05) is 30.5 Å². The predicted molar refractivity (Wildman–Crippen MR) is 104 cm³/mol. The lowest BCUT2D eigenvalue weighted by Gasteiger charge is -2.31. The molecule has 152 valence electrons. The highest BCUT2D eigenvalue weighted by Gasteiger charge is 2.30. The second-order valence-electron chi connectivity index (χ2n) is 7.54. The van der Waals surface area contributed by atoms with Gasteiger partial charge in [-0.25, -0.2) is 14.8 Å². The van der Waals surface area contributed by atoms with Gasteiger partial charge in [0.25, 0.3) is 5.91 Å². The summed E-state index contributed by atoms with van der Waals surface area (Å²) >= 11 is 0. The zero-order valence-electron chi connectivity index (χ0n) is 16.7. The Morgan fingerprint density at radius 2 is 2.07 bits per heavy atom. The molecule has 1 saturated carbocycles. The zero-order chi connectivity index (χ0) is 20.3. The molecule has 9 heteroatoms. The van der Waals surface area contributed by atoms with Crippen molar-refractivity contribution in [1.82, 2.24) is 25.5 Å². The molecule has 1 aliphatic carbocycles. The summed E-state index contributed by atoms with van der Waals surface area (Å²) in [5, 5.41) is 5.21. The first kappa shape index (κ1) is 20.0. The summed E-state index contributed by atoms with van der Waals surface area (Å²) in [5.74, 6) is -0.103. The Hall–Kier alpha value is -2.71. The standard InChI is InChI=1S/C19H28N6O3/c1-12(22-16(26)11-25-17(27)10-21-19(25)28)15-9-20-18(23-13(15)2)24(3)14-7-5-4-6-8-14/h9,12,14H,4-8,10-11H2,1-3H3,(H,21,28)(H,22,26)/t12-/m1/s1. The minimum atomic E-state index is -0.539. The van der Waals surface area contributed by atoms with Gasteiger partial charge in [-0.05, 0) is 26.7 Å². The van der Waals surface area contributed by atoms with Gasteiger partial charge in [-0.1, -0.05) is 19.3 Å². The Labute approximate surface area is 164 Å². The molecule has 2 aliphatic rings. The maximum Gasteiger partial charge on any atom is 0.325 e. The van der Waals surface area contributed by atoms with Crippen LogP contribution >= 0.6 is 0 Å². The van der Waals surface area contributed by atoms with E-state index in [9.17, 15) is 14.4 Å². The van der Waals surface area contributed by atoms with Gasteiger partial charge in [-0.3, -0.25) is 14.5 Å². The van der Waals surface area contributed by atoms with Crippen molar-refractivity contribution in [3.8, 4) is 0 Å². The number of anilines is 1. The molecule has 3 rings (SSSR count). The minimum absolute atomic E-state index is 0.0649. The number of carbonyl (C=O) groups is 3. The second-order valence-corrected chi connectivity index (χ2v) is 7.54. The Kier molecular flexibility index (Phi) is 6.11. The Bertz CT molecular complexity index is 746. The molecule has 0 aromatic carbocycles. The van der Waals surface area contributed by atoms with E-state index in [1.807, 2.05) is 20.9 Å². The minimum Gasteiger partial charge on any atom is -0.348 e. The molecule has 4 amide bonds. The first-order valence-electron chi connectivity index (χ1n) is 9.80. The van der Waals surface area contributed by atoms with Crippen LogP contribution in [0.3, 0.4) is 0 Å². The van der Waals surface area contributed by atoms with E-state index in [4.69, 9.17) is 0 Å². The summed E-state index contributed by atoms with van der Waals surface area (Å²) in [4.78, 5) is 47.6. The molecule has 1 aromatic heterocycles. The first-order valence-corrected chi connectivity index (χ1v) is 9.80. The second kappa shape index (κ2) is 8.53. The van der Waals surface area contributed by atoms with Gasteiger partial charge in [-0.15, -0.1) is 0 Å². The van der Waals surface area contributed by atoms with Crippen LogP contribution in [0.1, 0.15) is 56.3 Å². The number of rotatable bonds is 6. The topological polar surface area (TPSA) is 108 Å². The third kappa shape index (κ3) is 4.40.